The van der Waals surface area contributed by atoms with Gasteiger partial charge in [0.05, 0.1) is 0 Å². The molecular weight excluding hydrogens is 512 g/mol. The van der Waals surface area contributed by atoms with Crippen LogP contribution in [0.25, 0.3) is 0 Å². The third-order valence-corrected chi connectivity index (χ3v) is 14.3. The summed E-state index contributed by atoms with van der Waals surface area (Å²) in [4.78, 5) is 0. The van der Waals surface area contributed by atoms with E-state index in [9.17, 15) is 34.6 Å². The number of rotatable bonds is 9. The summed E-state index contributed by atoms with van der Waals surface area (Å²) in [6, 6.07) is 22.9. The Bertz CT molecular complexity index is 1230. The van der Waals surface area contributed by atoms with Gasteiger partial charge < -0.3 is 0 Å². The summed E-state index contributed by atoms with van der Waals surface area (Å²) in [5.41, 5.74) is -5.74. The average Bonchev–Trinajstić information content (AvgIpc) is 2.78. The molecule has 0 saturated carbocycles. The van der Waals surface area contributed by atoms with Crippen LogP contribution in [0.15, 0.2) is 91.0 Å². The Morgan fingerprint density at radius 3 is 1.35 bits per heavy atom. The van der Waals surface area contributed by atoms with Gasteiger partial charge >= 0.3 is 196 Å². The van der Waals surface area contributed by atoms with Crippen LogP contribution in [0.5, 0.6) is 0 Å². The van der Waals surface area contributed by atoms with Gasteiger partial charge in [0.2, 0.25) is 0 Å². The molecule has 6 nitrogen and oxygen atoms in total. The molecule has 0 radical (unpaired) electrons. The van der Waals surface area contributed by atoms with Crippen molar-refractivity contribution in [2.24, 2.45) is 0 Å². The van der Waals surface area contributed by atoms with Crippen LogP contribution in [0.4, 0.5) is 13.2 Å². The second-order valence-corrected chi connectivity index (χ2v) is 15.5. The van der Waals surface area contributed by atoms with Crippen LogP contribution in [-0.4, -0.2) is 38.8 Å². The zero-order valence-electron chi connectivity index (χ0n) is 17.7. The van der Waals surface area contributed by atoms with Crippen LogP contribution in [0, 0.1) is 0 Å². The molecule has 0 amide bonds. The van der Waals surface area contributed by atoms with Crippen LogP contribution >= 0.6 is 6.83 Å². The van der Waals surface area contributed by atoms with Gasteiger partial charge in [0, 0.05) is 0 Å². The summed E-state index contributed by atoms with van der Waals surface area (Å²) < 4.78 is 104. The number of hydrogen-bond donors (Lipinski definition) is 1. The van der Waals surface area contributed by atoms with Crippen LogP contribution in [0.2, 0.25) is 0 Å². The van der Waals surface area contributed by atoms with Gasteiger partial charge in [0.25, 0.3) is 0 Å². The maximum atomic E-state index is 13.8. The van der Waals surface area contributed by atoms with Crippen molar-refractivity contribution in [2.75, 3.05) is 11.9 Å². The summed E-state index contributed by atoms with van der Waals surface area (Å²) in [5, 5.41) is 0.484. The fourth-order valence-corrected chi connectivity index (χ4v) is 13.0. The van der Waals surface area contributed by atoms with Gasteiger partial charge in [-0.2, -0.15) is 0 Å². The van der Waals surface area contributed by atoms with Crippen molar-refractivity contribution in [3.8, 4) is 0 Å². The van der Waals surface area contributed by atoms with Crippen LogP contribution in [0.3, 0.4) is 0 Å². The molecule has 0 spiro atoms. The van der Waals surface area contributed by atoms with E-state index in [-0.39, 0.29) is 22.3 Å². The van der Waals surface area contributed by atoms with Gasteiger partial charge in [-0.15, -0.1) is 0 Å². The summed E-state index contributed by atoms with van der Waals surface area (Å²) in [6.45, 7) is -5.03. The van der Waals surface area contributed by atoms with Crippen LogP contribution in [0.1, 0.15) is 6.42 Å². The molecule has 3 aromatic rings. The van der Waals surface area contributed by atoms with Crippen molar-refractivity contribution in [1.29, 1.82) is 0 Å². The topological polar surface area (TPSA) is 97.7 Å². The van der Waals surface area contributed by atoms with Crippen molar-refractivity contribution in [3.05, 3.63) is 91.0 Å². The molecule has 34 heavy (non-hydrogen) atoms. The van der Waals surface area contributed by atoms with Crippen molar-refractivity contribution in [1.82, 2.24) is 0 Å². The van der Waals surface area contributed by atoms with E-state index < -0.39 is 44.5 Å². The SMILES string of the molecule is O=S(=O)(O)CCCP(OS(=O)(=O)C(F)(F)F)(c1ccccc1)(c1ccccc1)c1ccccc1. The fraction of sp³-hybridized carbons (Fsp3) is 0.182. The normalized spacial score (nSPS) is 14.3. The maximum absolute atomic E-state index is 13.8. The molecule has 0 unspecified atom stereocenters. The number of alkyl halides is 3. The Balaban J connectivity index is 2.52. The third-order valence-electron chi connectivity index (χ3n) is 5.44. The summed E-state index contributed by atoms with van der Waals surface area (Å²) >= 11 is 0. The zero-order valence-corrected chi connectivity index (χ0v) is 20.2. The second kappa shape index (κ2) is 9.39. The predicted molar refractivity (Wildman–Crippen MR) is 127 cm³/mol. The van der Waals surface area contributed by atoms with Gasteiger partial charge in [-0.1, -0.05) is 0 Å². The first-order valence-electron chi connectivity index (χ1n) is 9.98. The van der Waals surface area contributed by atoms with Crippen LogP contribution in [-0.2, 0) is 24.2 Å². The standard InChI is InChI=1S/C22H22F3O6PS2/c23-22(24,25)34(29,30)31-32(17-10-18-33(26,27)28,19-11-4-1-5-12-19,20-13-6-2-7-14-20)21-15-8-3-9-16-21/h1-9,11-16H,10,17-18H2,(H,26,27,28). The van der Waals surface area contributed by atoms with Crippen molar-refractivity contribution < 1.29 is 38.5 Å². The molecule has 0 atom stereocenters. The van der Waals surface area contributed by atoms with E-state index in [1.807, 2.05) is 0 Å². The minimum atomic E-state index is -6.18. The molecule has 0 saturated heterocycles. The van der Waals surface area contributed by atoms with E-state index >= 15 is 0 Å². The molecule has 184 valence electrons. The van der Waals surface area contributed by atoms with Gasteiger partial charge in [-0.3, -0.25) is 0 Å². The molecular formula is C22H22F3O6PS2. The monoisotopic (exact) mass is 534 g/mol. The molecule has 1 N–H and O–H groups in total. The van der Waals surface area contributed by atoms with E-state index in [0.29, 0.717) is 0 Å². The Hall–Kier alpha value is -2.30. The summed E-state index contributed by atoms with van der Waals surface area (Å²) in [7, 11) is -10.7. The first-order valence-corrected chi connectivity index (χ1v) is 15.3. The van der Waals surface area contributed by atoms with E-state index in [0.717, 1.165) is 0 Å². The van der Waals surface area contributed by atoms with Gasteiger partial charge in [0.15, 0.2) is 0 Å². The first-order chi connectivity index (χ1) is 15.8. The fourth-order valence-electron chi connectivity index (χ4n) is 4.04. The van der Waals surface area contributed by atoms with E-state index in [1.54, 1.807) is 18.2 Å². The first kappa shape index (κ1) is 26.3. The van der Waals surface area contributed by atoms with Crippen LogP contribution < -0.4 is 15.9 Å². The van der Waals surface area contributed by atoms with E-state index in [4.69, 9.17) is 3.97 Å². The third kappa shape index (κ3) is 4.89. The average molecular weight is 535 g/mol. The molecule has 0 bridgehead atoms. The Morgan fingerprint density at radius 1 is 0.706 bits per heavy atom. The number of benzene rings is 3. The molecule has 3 rings (SSSR count). The van der Waals surface area contributed by atoms with Gasteiger partial charge in [0.1, 0.15) is 0 Å². The molecule has 0 fully saturated rings. The zero-order chi connectivity index (χ0) is 25.1. The van der Waals surface area contributed by atoms with Crippen molar-refractivity contribution in [2.45, 2.75) is 11.9 Å². The molecule has 12 heteroatoms. The second-order valence-electron chi connectivity index (χ2n) is 7.56. The Kier molecular flexibility index (Phi) is 7.27. The van der Waals surface area contributed by atoms with Gasteiger partial charge in [-0.05, 0) is 0 Å². The molecule has 3 aromatic carbocycles. The summed E-state index contributed by atoms with van der Waals surface area (Å²) in [6.07, 6.45) is -0.804. The predicted octanol–water partition coefficient (Wildman–Crippen LogP) is 3.58. The molecule has 0 aliphatic carbocycles. The Labute approximate surface area is 196 Å². The molecule has 0 aliphatic rings. The molecule has 0 heterocycles. The Morgan fingerprint density at radius 2 is 1.06 bits per heavy atom. The van der Waals surface area contributed by atoms with E-state index in [2.05, 4.69) is 0 Å². The number of halogens is 3. The molecule has 0 aromatic heterocycles. The number of hydrogen-bond acceptors (Lipinski definition) is 5. The van der Waals surface area contributed by atoms with Crippen molar-refractivity contribution in [3.63, 3.8) is 0 Å². The summed E-state index contributed by atoms with van der Waals surface area (Å²) in [5.74, 6) is -0.799. The minimum absolute atomic E-state index is 0.161. The van der Waals surface area contributed by atoms with E-state index in [1.165, 1.54) is 72.8 Å². The quantitative estimate of drug-likeness (QED) is 0.256. The van der Waals surface area contributed by atoms with Crippen molar-refractivity contribution >= 4 is 43.0 Å². The van der Waals surface area contributed by atoms with Gasteiger partial charge in [-0.25, -0.2) is 0 Å². The molecule has 0 aliphatic heterocycles.